The van der Waals surface area contributed by atoms with Crippen molar-refractivity contribution in [1.82, 2.24) is 15.1 Å². The number of rotatable bonds is 2. The average molecular weight is 297 g/mol. The summed E-state index contributed by atoms with van der Waals surface area (Å²) in [6, 6.07) is 4.68. The Bertz CT molecular complexity index is 453. The number of anilines is 1. The van der Waals surface area contributed by atoms with Gasteiger partial charge in [0.1, 0.15) is 0 Å². The van der Waals surface area contributed by atoms with Gasteiger partial charge in [0, 0.05) is 25.7 Å². The van der Waals surface area contributed by atoms with Crippen molar-refractivity contribution >= 4 is 17.4 Å². The maximum Gasteiger partial charge on any atom is 0.151 e. The molecule has 1 aromatic rings. The molecule has 0 N–H and O–H groups in total. The molecule has 0 bridgehead atoms. The molecule has 0 saturated carbocycles. The van der Waals surface area contributed by atoms with E-state index in [0.29, 0.717) is 23.3 Å². The summed E-state index contributed by atoms with van der Waals surface area (Å²) in [4.78, 5) is 4.83. The third kappa shape index (κ3) is 2.75. The topological polar surface area (TPSA) is 41.5 Å². The van der Waals surface area contributed by atoms with Crippen LogP contribution in [0.3, 0.4) is 0 Å². The molecule has 0 aromatic carbocycles. The minimum atomic E-state index is 0.302. The molecule has 110 valence electrons. The first-order valence-electron chi connectivity index (χ1n) is 7.26. The molecule has 2 aliphatic rings. The minimum Gasteiger partial charge on any atom is -0.374 e. The van der Waals surface area contributed by atoms with Gasteiger partial charge in [0.05, 0.1) is 18.8 Å². The van der Waals surface area contributed by atoms with Crippen LogP contribution < -0.4 is 4.90 Å². The van der Waals surface area contributed by atoms with Gasteiger partial charge in [-0.2, -0.15) is 0 Å². The second-order valence-corrected chi connectivity index (χ2v) is 6.15. The molecule has 2 saturated heterocycles. The highest BCUT2D eigenvalue weighted by Crippen LogP contribution is 2.27. The van der Waals surface area contributed by atoms with Gasteiger partial charge in [-0.15, -0.1) is 10.2 Å². The highest BCUT2D eigenvalue weighted by molar-refractivity contribution is 6.29. The largest absolute Gasteiger partial charge is 0.374 e. The molecule has 0 aliphatic carbocycles. The van der Waals surface area contributed by atoms with Gasteiger partial charge in [-0.3, -0.25) is 4.90 Å². The summed E-state index contributed by atoms with van der Waals surface area (Å²) in [6.07, 6.45) is 1.39. The van der Waals surface area contributed by atoms with E-state index < -0.39 is 0 Å². The van der Waals surface area contributed by atoms with Gasteiger partial charge >= 0.3 is 0 Å². The first-order valence-corrected chi connectivity index (χ1v) is 7.64. The third-order valence-electron chi connectivity index (χ3n) is 4.26. The van der Waals surface area contributed by atoms with E-state index in [9.17, 15) is 0 Å². The van der Waals surface area contributed by atoms with Crippen LogP contribution in [0.2, 0.25) is 5.15 Å². The summed E-state index contributed by atoms with van der Waals surface area (Å²) in [5, 5.41) is 8.63. The van der Waals surface area contributed by atoms with Gasteiger partial charge in [-0.25, -0.2) is 0 Å². The molecule has 5 nitrogen and oxygen atoms in total. The fourth-order valence-electron chi connectivity index (χ4n) is 3.11. The van der Waals surface area contributed by atoms with Crippen LogP contribution in [0, 0.1) is 0 Å². The Kier molecular flexibility index (Phi) is 4.10. The Morgan fingerprint density at radius 1 is 1.30 bits per heavy atom. The second-order valence-electron chi connectivity index (χ2n) is 5.76. The minimum absolute atomic E-state index is 0.302. The summed E-state index contributed by atoms with van der Waals surface area (Å²) >= 11 is 5.83. The zero-order valence-corrected chi connectivity index (χ0v) is 12.8. The zero-order valence-electron chi connectivity index (χ0n) is 12.0. The summed E-state index contributed by atoms with van der Waals surface area (Å²) in [5.74, 6) is 0.901. The van der Waals surface area contributed by atoms with Crippen molar-refractivity contribution in [3.8, 4) is 0 Å². The van der Waals surface area contributed by atoms with E-state index >= 15 is 0 Å². The molecule has 2 fully saturated rings. The maximum absolute atomic E-state index is 5.94. The van der Waals surface area contributed by atoms with Gasteiger partial charge < -0.3 is 9.64 Å². The summed E-state index contributed by atoms with van der Waals surface area (Å²) in [6.45, 7) is 8.25. The first kappa shape index (κ1) is 14.0. The standard InChI is InChI=1S/C14H21ClN4O/c1-10(2)18-6-5-12-11(9-18)19(7-8-20-12)14-4-3-13(15)16-17-14/h3-4,10-12H,5-9H2,1-2H3/t11-,12+/m0/s1. The summed E-state index contributed by atoms with van der Waals surface area (Å²) in [5.41, 5.74) is 0. The first-order chi connectivity index (χ1) is 9.65. The van der Waals surface area contributed by atoms with Crippen molar-refractivity contribution in [2.24, 2.45) is 0 Å². The van der Waals surface area contributed by atoms with Crippen LogP contribution >= 0.6 is 11.6 Å². The van der Waals surface area contributed by atoms with Crippen molar-refractivity contribution in [3.63, 3.8) is 0 Å². The molecule has 3 rings (SSSR count). The van der Waals surface area contributed by atoms with Crippen LogP contribution in [0.25, 0.3) is 0 Å². The van der Waals surface area contributed by atoms with Gasteiger partial charge in [0.15, 0.2) is 11.0 Å². The molecule has 2 atom stereocenters. The molecule has 20 heavy (non-hydrogen) atoms. The molecule has 0 unspecified atom stereocenters. The van der Waals surface area contributed by atoms with Crippen LogP contribution in [-0.2, 0) is 4.74 Å². The van der Waals surface area contributed by atoms with Gasteiger partial charge in [0.2, 0.25) is 0 Å². The number of aromatic nitrogens is 2. The molecule has 3 heterocycles. The Morgan fingerprint density at radius 3 is 2.85 bits per heavy atom. The number of hydrogen-bond donors (Lipinski definition) is 0. The number of hydrogen-bond acceptors (Lipinski definition) is 5. The highest BCUT2D eigenvalue weighted by Gasteiger charge is 2.38. The number of halogens is 1. The van der Waals surface area contributed by atoms with E-state index in [4.69, 9.17) is 16.3 Å². The Morgan fingerprint density at radius 2 is 2.15 bits per heavy atom. The number of morpholine rings is 1. The molecular formula is C14H21ClN4O. The second kappa shape index (κ2) is 5.84. The number of nitrogens with zero attached hydrogens (tertiary/aromatic N) is 4. The van der Waals surface area contributed by atoms with E-state index in [2.05, 4.69) is 33.8 Å². The van der Waals surface area contributed by atoms with E-state index in [1.807, 2.05) is 6.07 Å². The predicted octanol–water partition coefficient (Wildman–Crippen LogP) is 1.82. The average Bonchev–Trinajstić information content (AvgIpc) is 2.47. The third-order valence-corrected chi connectivity index (χ3v) is 4.46. The van der Waals surface area contributed by atoms with Crippen LogP contribution in [0.15, 0.2) is 12.1 Å². The Balaban J connectivity index is 1.80. The van der Waals surface area contributed by atoms with E-state index in [-0.39, 0.29) is 0 Å². The quantitative estimate of drug-likeness (QED) is 0.833. The molecule has 0 spiro atoms. The van der Waals surface area contributed by atoms with E-state index in [1.54, 1.807) is 6.07 Å². The summed E-state index contributed by atoms with van der Waals surface area (Å²) in [7, 11) is 0. The molecular weight excluding hydrogens is 276 g/mol. The molecule has 0 radical (unpaired) electrons. The van der Waals surface area contributed by atoms with Crippen molar-refractivity contribution in [3.05, 3.63) is 17.3 Å². The van der Waals surface area contributed by atoms with Crippen molar-refractivity contribution in [2.45, 2.75) is 38.5 Å². The van der Waals surface area contributed by atoms with Crippen molar-refractivity contribution in [2.75, 3.05) is 31.1 Å². The fourth-order valence-corrected chi connectivity index (χ4v) is 3.21. The van der Waals surface area contributed by atoms with Crippen LogP contribution in [-0.4, -0.2) is 59.5 Å². The van der Waals surface area contributed by atoms with Crippen LogP contribution in [0.1, 0.15) is 20.3 Å². The summed E-state index contributed by atoms with van der Waals surface area (Å²) < 4.78 is 5.94. The smallest absolute Gasteiger partial charge is 0.151 e. The fraction of sp³-hybridized carbons (Fsp3) is 0.714. The number of fused-ring (bicyclic) bond motifs is 1. The van der Waals surface area contributed by atoms with Gasteiger partial charge in [-0.1, -0.05) is 11.6 Å². The lowest BCUT2D eigenvalue weighted by Gasteiger charge is -2.48. The Labute approximate surface area is 124 Å². The number of piperidine rings is 1. The van der Waals surface area contributed by atoms with Crippen molar-refractivity contribution < 1.29 is 4.74 Å². The molecule has 1 aromatic heterocycles. The molecule has 6 heteroatoms. The number of likely N-dealkylation sites (tertiary alicyclic amines) is 1. The lowest BCUT2D eigenvalue weighted by molar-refractivity contribution is -0.0346. The predicted molar refractivity (Wildman–Crippen MR) is 79.2 cm³/mol. The van der Waals surface area contributed by atoms with Crippen molar-refractivity contribution in [1.29, 1.82) is 0 Å². The maximum atomic E-state index is 5.94. The molecule has 2 aliphatic heterocycles. The van der Waals surface area contributed by atoms with E-state index in [1.165, 1.54) is 0 Å². The SMILES string of the molecule is CC(C)N1CC[C@H]2OCCN(c3ccc(Cl)nn3)[C@H]2C1. The number of ether oxygens (including phenoxy) is 1. The molecule has 0 amide bonds. The van der Waals surface area contributed by atoms with Gasteiger partial charge in [-0.05, 0) is 32.4 Å². The monoisotopic (exact) mass is 296 g/mol. The Hall–Kier alpha value is -0.910. The van der Waals surface area contributed by atoms with Crippen LogP contribution in [0.4, 0.5) is 5.82 Å². The zero-order chi connectivity index (χ0) is 14.1. The highest BCUT2D eigenvalue weighted by atomic mass is 35.5. The van der Waals surface area contributed by atoms with E-state index in [0.717, 1.165) is 38.5 Å². The normalized spacial score (nSPS) is 27.7. The lowest BCUT2D eigenvalue weighted by Crippen LogP contribution is -2.61. The van der Waals surface area contributed by atoms with Gasteiger partial charge in [0.25, 0.3) is 0 Å². The van der Waals surface area contributed by atoms with Crippen LogP contribution in [0.5, 0.6) is 0 Å². The lowest BCUT2D eigenvalue weighted by atomic mass is 9.97.